The lowest BCUT2D eigenvalue weighted by Crippen LogP contribution is -1.80. The lowest BCUT2D eigenvalue weighted by molar-refractivity contribution is 1.35. The summed E-state index contributed by atoms with van der Waals surface area (Å²) in [4.78, 5) is 5.60. The highest BCUT2D eigenvalue weighted by molar-refractivity contribution is 7.23. The van der Waals surface area contributed by atoms with Crippen LogP contribution in [0.4, 0.5) is 0 Å². The fraction of sp³-hybridized carbons (Fsp3) is 0. The minimum atomic E-state index is 0.749. The first-order valence-corrected chi connectivity index (χ1v) is 6.48. The molecule has 0 radical (unpaired) electrons. The first-order chi connectivity index (χ1) is 8.34. The molecule has 0 atom stereocenters. The molecule has 0 amide bonds. The van der Waals surface area contributed by atoms with Crippen molar-refractivity contribution in [2.75, 3.05) is 0 Å². The minimum Gasteiger partial charge on any atom is -0.281 e. The summed E-state index contributed by atoms with van der Waals surface area (Å²) < 4.78 is 3.37. The summed E-state index contributed by atoms with van der Waals surface area (Å²) in [7, 11) is 0. The number of hydrogen-bond donors (Lipinski definition) is 0. The molecule has 2 aromatic carbocycles. The van der Waals surface area contributed by atoms with E-state index in [2.05, 4.69) is 21.5 Å². The van der Waals surface area contributed by atoms with E-state index in [9.17, 15) is 0 Å². The number of fused-ring (bicyclic) bond motifs is 5. The molecule has 17 heavy (non-hydrogen) atoms. The summed E-state index contributed by atoms with van der Waals surface area (Å²) >= 11 is 7.97. The van der Waals surface area contributed by atoms with Gasteiger partial charge in [-0.2, -0.15) is 0 Å². The normalized spacial score (nSPS) is 11.8. The Morgan fingerprint density at radius 2 is 1.94 bits per heavy atom. The van der Waals surface area contributed by atoms with Crippen LogP contribution >= 0.6 is 22.9 Å². The van der Waals surface area contributed by atoms with E-state index >= 15 is 0 Å². The molecule has 0 N–H and O–H groups in total. The lowest BCUT2D eigenvalue weighted by atomic mass is 10.3. The van der Waals surface area contributed by atoms with E-state index in [1.54, 1.807) is 11.3 Å². The lowest BCUT2D eigenvalue weighted by Gasteiger charge is -1.96. The molecule has 0 aliphatic heterocycles. The van der Waals surface area contributed by atoms with Crippen LogP contribution in [0.2, 0.25) is 5.02 Å². The van der Waals surface area contributed by atoms with Gasteiger partial charge in [-0.3, -0.25) is 4.40 Å². The van der Waals surface area contributed by atoms with Crippen molar-refractivity contribution in [1.82, 2.24) is 9.38 Å². The fourth-order valence-corrected chi connectivity index (χ4v) is 3.47. The number of hydrogen-bond acceptors (Lipinski definition) is 2. The van der Waals surface area contributed by atoms with Gasteiger partial charge in [0, 0.05) is 0 Å². The molecule has 0 spiro atoms. The van der Waals surface area contributed by atoms with Gasteiger partial charge in [0.1, 0.15) is 0 Å². The van der Waals surface area contributed by atoms with Gasteiger partial charge in [0.15, 0.2) is 4.96 Å². The largest absolute Gasteiger partial charge is 0.281 e. The monoisotopic (exact) mass is 258 g/mol. The Hall–Kier alpha value is -1.58. The SMILES string of the molecule is Clc1cccc2nc3sc4ccccc4n3c12. The molecular formula is C13H7ClN2S. The summed E-state index contributed by atoms with van der Waals surface area (Å²) in [6.45, 7) is 0. The van der Waals surface area contributed by atoms with Crippen molar-refractivity contribution < 1.29 is 0 Å². The number of benzene rings is 2. The highest BCUT2D eigenvalue weighted by Gasteiger charge is 2.12. The van der Waals surface area contributed by atoms with E-state index in [-0.39, 0.29) is 0 Å². The van der Waals surface area contributed by atoms with Gasteiger partial charge in [0.05, 0.1) is 26.3 Å². The van der Waals surface area contributed by atoms with Crippen LogP contribution in [0.5, 0.6) is 0 Å². The number of halogens is 1. The molecule has 2 heterocycles. The maximum Gasteiger partial charge on any atom is 0.195 e. The summed E-state index contributed by atoms with van der Waals surface area (Å²) in [5, 5.41) is 0.749. The number of para-hydroxylation sites is 2. The molecule has 0 bridgehead atoms. The Bertz CT molecular complexity index is 860. The van der Waals surface area contributed by atoms with Gasteiger partial charge in [-0.15, -0.1) is 0 Å². The number of rotatable bonds is 0. The van der Waals surface area contributed by atoms with Crippen molar-refractivity contribution in [2.24, 2.45) is 0 Å². The molecule has 0 fully saturated rings. The summed E-state index contributed by atoms with van der Waals surface area (Å²) in [5.74, 6) is 0. The van der Waals surface area contributed by atoms with Crippen LogP contribution in [0.3, 0.4) is 0 Å². The molecule has 0 aliphatic rings. The molecule has 2 aromatic heterocycles. The maximum atomic E-state index is 6.28. The van der Waals surface area contributed by atoms with E-state index in [1.807, 2.05) is 30.3 Å². The van der Waals surface area contributed by atoms with Gasteiger partial charge in [-0.25, -0.2) is 4.98 Å². The van der Waals surface area contributed by atoms with Crippen LogP contribution < -0.4 is 0 Å². The number of aromatic nitrogens is 2. The van der Waals surface area contributed by atoms with Gasteiger partial charge in [0.2, 0.25) is 0 Å². The van der Waals surface area contributed by atoms with Crippen LogP contribution in [0.15, 0.2) is 42.5 Å². The second-order valence-electron chi connectivity index (χ2n) is 3.91. The first kappa shape index (κ1) is 9.45. The predicted molar refractivity (Wildman–Crippen MR) is 73.1 cm³/mol. The van der Waals surface area contributed by atoms with Crippen molar-refractivity contribution in [3.63, 3.8) is 0 Å². The molecular weight excluding hydrogens is 252 g/mol. The number of nitrogens with zero attached hydrogens (tertiary/aromatic N) is 2. The summed E-state index contributed by atoms with van der Waals surface area (Å²) in [5.41, 5.74) is 3.12. The van der Waals surface area contributed by atoms with Crippen molar-refractivity contribution in [2.45, 2.75) is 0 Å². The molecule has 0 unspecified atom stereocenters. The zero-order chi connectivity index (χ0) is 11.4. The quantitative estimate of drug-likeness (QED) is 0.458. The van der Waals surface area contributed by atoms with Crippen molar-refractivity contribution >= 4 is 49.1 Å². The molecule has 0 saturated carbocycles. The second kappa shape index (κ2) is 3.22. The molecule has 4 aromatic rings. The van der Waals surface area contributed by atoms with Crippen molar-refractivity contribution in [3.05, 3.63) is 47.5 Å². The van der Waals surface area contributed by atoms with E-state index in [0.29, 0.717) is 0 Å². The molecule has 4 heteroatoms. The van der Waals surface area contributed by atoms with Gasteiger partial charge < -0.3 is 0 Å². The highest BCUT2D eigenvalue weighted by Crippen LogP contribution is 2.32. The minimum absolute atomic E-state index is 0.749. The van der Waals surface area contributed by atoms with Crippen LogP contribution in [0.25, 0.3) is 26.2 Å². The van der Waals surface area contributed by atoms with Gasteiger partial charge in [-0.05, 0) is 24.3 Å². The van der Waals surface area contributed by atoms with Crippen LogP contribution in [-0.2, 0) is 0 Å². The van der Waals surface area contributed by atoms with Crippen molar-refractivity contribution in [1.29, 1.82) is 0 Å². The summed E-state index contributed by atoms with van der Waals surface area (Å²) in [6.07, 6.45) is 0. The Kier molecular flexibility index (Phi) is 1.79. The second-order valence-corrected chi connectivity index (χ2v) is 5.32. The average Bonchev–Trinajstić information content (AvgIpc) is 2.84. The van der Waals surface area contributed by atoms with Crippen molar-refractivity contribution in [3.8, 4) is 0 Å². The van der Waals surface area contributed by atoms with Gasteiger partial charge in [0.25, 0.3) is 0 Å². The molecule has 0 saturated heterocycles. The van der Waals surface area contributed by atoms with E-state index in [4.69, 9.17) is 11.6 Å². The molecule has 2 nitrogen and oxygen atoms in total. The molecule has 0 aliphatic carbocycles. The van der Waals surface area contributed by atoms with E-state index in [1.165, 1.54) is 10.2 Å². The fourth-order valence-electron chi connectivity index (χ4n) is 2.18. The van der Waals surface area contributed by atoms with Crippen LogP contribution in [-0.4, -0.2) is 9.38 Å². The number of thiazole rings is 1. The standard InChI is InChI=1S/C13H7ClN2S/c14-8-4-3-5-9-12(8)16-10-6-1-2-7-11(10)17-13(16)15-9/h1-7H. The number of imidazole rings is 1. The molecule has 4 rings (SSSR count). The third-order valence-corrected chi connectivity index (χ3v) is 4.23. The van der Waals surface area contributed by atoms with Crippen LogP contribution in [0.1, 0.15) is 0 Å². The Morgan fingerprint density at radius 1 is 1.06 bits per heavy atom. The Labute approximate surface area is 106 Å². The highest BCUT2D eigenvalue weighted by atomic mass is 35.5. The topological polar surface area (TPSA) is 17.3 Å². The first-order valence-electron chi connectivity index (χ1n) is 5.29. The Morgan fingerprint density at radius 3 is 2.88 bits per heavy atom. The zero-order valence-corrected chi connectivity index (χ0v) is 10.3. The third-order valence-electron chi connectivity index (χ3n) is 2.90. The Balaban J connectivity index is 2.39. The van der Waals surface area contributed by atoms with E-state index in [0.717, 1.165) is 21.0 Å². The smallest absolute Gasteiger partial charge is 0.195 e. The zero-order valence-electron chi connectivity index (χ0n) is 8.72. The third kappa shape index (κ3) is 1.18. The van der Waals surface area contributed by atoms with Crippen LogP contribution in [0, 0.1) is 0 Å². The van der Waals surface area contributed by atoms with E-state index < -0.39 is 0 Å². The van der Waals surface area contributed by atoms with Gasteiger partial charge >= 0.3 is 0 Å². The molecule has 82 valence electrons. The predicted octanol–water partition coefficient (Wildman–Crippen LogP) is 4.36. The van der Waals surface area contributed by atoms with Gasteiger partial charge in [-0.1, -0.05) is 41.1 Å². The maximum absolute atomic E-state index is 6.28. The average molecular weight is 259 g/mol. The summed E-state index contributed by atoms with van der Waals surface area (Å²) in [6, 6.07) is 14.1.